The zero-order valence-corrected chi connectivity index (χ0v) is 12.1. The van der Waals surface area contributed by atoms with Gasteiger partial charge in [0.15, 0.2) is 0 Å². The van der Waals surface area contributed by atoms with E-state index < -0.39 is 5.97 Å². The largest absolute Gasteiger partial charge is 0.481 e. The van der Waals surface area contributed by atoms with Crippen LogP contribution in [0.15, 0.2) is 36.7 Å². The number of aromatic nitrogens is 2. The Labute approximate surface area is 123 Å². The van der Waals surface area contributed by atoms with Gasteiger partial charge in [0.2, 0.25) is 0 Å². The van der Waals surface area contributed by atoms with Gasteiger partial charge in [-0.15, -0.1) is 0 Å². The van der Waals surface area contributed by atoms with E-state index in [1.807, 2.05) is 37.6 Å². The molecule has 1 aromatic carbocycles. The predicted octanol–water partition coefficient (Wildman–Crippen LogP) is 2.04. The Bertz CT molecular complexity index is 650. The van der Waals surface area contributed by atoms with E-state index in [0.29, 0.717) is 0 Å². The van der Waals surface area contributed by atoms with Crippen LogP contribution in [0.2, 0.25) is 0 Å². The molecule has 0 saturated carbocycles. The van der Waals surface area contributed by atoms with Gasteiger partial charge in [-0.1, -0.05) is 18.2 Å². The zero-order chi connectivity index (χ0) is 14.8. The fraction of sp³-hybridized carbons (Fsp3) is 0.375. The number of fused-ring (bicyclic) bond motifs is 1. The smallest absolute Gasteiger partial charge is 0.304 e. The molecule has 2 heterocycles. The van der Waals surface area contributed by atoms with Crippen molar-refractivity contribution in [1.29, 1.82) is 0 Å². The van der Waals surface area contributed by atoms with E-state index in [4.69, 9.17) is 5.11 Å². The molecule has 2 aromatic rings. The van der Waals surface area contributed by atoms with E-state index in [-0.39, 0.29) is 12.3 Å². The third kappa shape index (κ3) is 2.91. The summed E-state index contributed by atoms with van der Waals surface area (Å²) in [6.45, 7) is 1.67. The molecule has 5 nitrogen and oxygen atoms in total. The van der Waals surface area contributed by atoms with Crippen molar-refractivity contribution in [3.05, 3.63) is 47.8 Å². The van der Waals surface area contributed by atoms with Crippen LogP contribution < -0.4 is 4.90 Å². The molecule has 110 valence electrons. The number of rotatable bonds is 5. The molecular formula is C16H19N3O2. The highest BCUT2D eigenvalue weighted by molar-refractivity contribution is 5.71. The van der Waals surface area contributed by atoms with Crippen molar-refractivity contribution >= 4 is 11.7 Å². The second-order valence-electron chi connectivity index (χ2n) is 5.57. The topological polar surface area (TPSA) is 58.4 Å². The van der Waals surface area contributed by atoms with E-state index >= 15 is 0 Å². The summed E-state index contributed by atoms with van der Waals surface area (Å²) in [6, 6.07) is 8.13. The number of carboxylic acid groups (broad SMARTS) is 1. The molecule has 0 radical (unpaired) electrons. The van der Waals surface area contributed by atoms with E-state index in [0.717, 1.165) is 25.1 Å². The van der Waals surface area contributed by atoms with Gasteiger partial charge in [-0.2, -0.15) is 5.10 Å². The number of anilines is 1. The summed E-state index contributed by atoms with van der Waals surface area (Å²) >= 11 is 0. The summed E-state index contributed by atoms with van der Waals surface area (Å²) in [4.78, 5) is 13.3. The molecule has 1 aliphatic heterocycles. The Kier molecular flexibility index (Phi) is 3.64. The number of hydrogen-bond acceptors (Lipinski definition) is 3. The number of aliphatic carboxylic acids is 1. The van der Waals surface area contributed by atoms with E-state index in [2.05, 4.69) is 16.1 Å². The standard InChI is InChI=1S/C16H19N3O2/c1-18-10-12(9-17-18)6-7-19-11-13(8-16(20)21)14-4-2-3-5-15(14)19/h2-5,9-10,13H,6-8,11H2,1H3,(H,20,21). The first kappa shape index (κ1) is 13.7. The van der Waals surface area contributed by atoms with Crippen LogP contribution in [0.4, 0.5) is 5.69 Å². The first-order valence-electron chi connectivity index (χ1n) is 7.16. The minimum atomic E-state index is -0.732. The van der Waals surface area contributed by atoms with E-state index in [1.54, 1.807) is 4.68 Å². The quantitative estimate of drug-likeness (QED) is 0.913. The summed E-state index contributed by atoms with van der Waals surface area (Å²) in [7, 11) is 1.91. The summed E-state index contributed by atoms with van der Waals surface area (Å²) in [5.41, 5.74) is 3.54. The molecule has 0 saturated heterocycles. The van der Waals surface area contributed by atoms with Crippen molar-refractivity contribution in [1.82, 2.24) is 9.78 Å². The Morgan fingerprint density at radius 2 is 2.24 bits per heavy atom. The van der Waals surface area contributed by atoms with Crippen LogP contribution in [0.3, 0.4) is 0 Å². The minimum absolute atomic E-state index is 0.0904. The first-order valence-corrected chi connectivity index (χ1v) is 7.16. The Balaban J connectivity index is 1.73. The Hall–Kier alpha value is -2.30. The van der Waals surface area contributed by atoms with Gasteiger partial charge in [0.25, 0.3) is 0 Å². The fourth-order valence-electron chi connectivity index (χ4n) is 3.05. The third-order valence-electron chi connectivity index (χ3n) is 4.01. The van der Waals surface area contributed by atoms with Gasteiger partial charge in [-0.3, -0.25) is 9.48 Å². The lowest BCUT2D eigenvalue weighted by atomic mass is 9.98. The lowest BCUT2D eigenvalue weighted by Crippen LogP contribution is -2.25. The van der Waals surface area contributed by atoms with Crippen molar-refractivity contribution in [3.8, 4) is 0 Å². The monoisotopic (exact) mass is 285 g/mol. The highest BCUT2D eigenvalue weighted by Crippen LogP contribution is 2.37. The average molecular weight is 285 g/mol. The molecule has 0 fully saturated rings. The highest BCUT2D eigenvalue weighted by Gasteiger charge is 2.29. The maximum Gasteiger partial charge on any atom is 0.304 e. The molecule has 5 heteroatoms. The average Bonchev–Trinajstić information content (AvgIpc) is 3.01. The summed E-state index contributed by atoms with van der Waals surface area (Å²) in [6.07, 6.45) is 5.02. The van der Waals surface area contributed by atoms with Crippen molar-refractivity contribution in [3.63, 3.8) is 0 Å². The van der Waals surface area contributed by atoms with Gasteiger partial charge in [-0.25, -0.2) is 0 Å². The molecule has 0 aliphatic carbocycles. The van der Waals surface area contributed by atoms with Gasteiger partial charge in [0.1, 0.15) is 0 Å². The molecule has 1 N–H and O–H groups in total. The number of carbonyl (C=O) groups is 1. The maximum absolute atomic E-state index is 11.0. The molecule has 0 amide bonds. The van der Waals surface area contributed by atoms with Gasteiger partial charge in [0.05, 0.1) is 12.6 Å². The number of aryl methyl sites for hydroxylation is 1. The molecule has 1 aromatic heterocycles. The number of nitrogens with zero attached hydrogens (tertiary/aromatic N) is 3. The summed E-state index contributed by atoms with van der Waals surface area (Å²) < 4.78 is 1.81. The van der Waals surface area contributed by atoms with Gasteiger partial charge >= 0.3 is 5.97 Å². The molecule has 1 atom stereocenters. The summed E-state index contributed by atoms with van der Waals surface area (Å²) in [5, 5.41) is 13.2. The van der Waals surface area contributed by atoms with Crippen LogP contribution in [-0.2, 0) is 18.3 Å². The van der Waals surface area contributed by atoms with Crippen LogP contribution in [0.1, 0.15) is 23.5 Å². The molecule has 0 spiro atoms. The van der Waals surface area contributed by atoms with Crippen LogP contribution in [0, 0.1) is 0 Å². The third-order valence-corrected chi connectivity index (χ3v) is 4.01. The Morgan fingerprint density at radius 3 is 2.95 bits per heavy atom. The molecule has 3 rings (SSSR count). The van der Waals surface area contributed by atoms with E-state index in [9.17, 15) is 4.79 Å². The Morgan fingerprint density at radius 1 is 1.43 bits per heavy atom. The van der Waals surface area contributed by atoms with E-state index in [1.165, 1.54) is 11.3 Å². The molecule has 1 unspecified atom stereocenters. The fourth-order valence-corrected chi connectivity index (χ4v) is 3.05. The zero-order valence-electron chi connectivity index (χ0n) is 12.1. The minimum Gasteiger partial charge on any atom is -0.481 e. The molecular weight excluding hydrogens is 266 g/mol. The second-order valence-corrected chi connectivity index (χ2v) is 5.57. The van der Waals surface area contributed by atoms with Crippen LogP contribution >= 0.6 is 0 Å². The first-order chi connectivity index (χ1) is 10.1. The maximum atomic E-state index is 11.0. The van der Waals surface area contributed by atoms with Gasteiger partial charge in [0, 0.05) is 37.9 Å². The highest BCUT2D eigenvalue weighted by atomic mass is 16.4. The normalized spacial score (nSPS) is 17.0. The lowest BCUT2D eigenvalue weighted by Gasteiger charge is -2.19. The van der Waals surface area contributed by atoms with Gasteiger partial charge < -0.3 is 10.0 Å². The summed E-state index contributed by atoms with van der Waals surface area (Å²) in [5.74, 6) is -0.642. The van der Waals surface area contributed by atoms with Crippen LogP contribution in [-0.4, -0.2) is 33.9 Å². The lowest BCUT2D eigenvalue weighted by molar-refractivity contribution is -0.137. The van der Waals surface area contributed by atoms with Crippen molar-refractivity contribution in [2.45, 2.75) is 18.8 Å². The van der Waals surface area contributed by atoms with Crippen molar-refractivity contribution < 1.29 is 9.90 Å². The number of hydrogen-bond donors (Lipinski definition) is 1. The van der Waals surface area contributed by atoms with Crippen molar-refractivity contribution in [2.24, 2.45) is 7.05 Å². The number of carboxylic acids is 1. The molecule has 21 heavy (non-hydrogen) atoms. The second kappa shape index (κ2) is 5.60. The molecule has 0 bridgehead atoms. The van der Waals surface area contributed by atoms with Crippen molar-refractivity contribution in [2.75, 3.05) is 18.0 Å². The number of benzene rings is 1. The van der Waals surface area contributed by atoms with Crippen LogP contribution in [0.5, 0.6) is 0 Å². The number of para-hydroxylation sites is 1. The molecule has 1 aliphatic rings. The SMILES string of the molecule is Cn1cc(CCN2CC(CC(=O)O)c3ccccc32)cn1. The predicted molar refractivity (Wildman–Crippen MR) is 80.6 cm³/mol. The van der Waals surface area contributed by atoms with Gasteiger partial charge in [-0.05, 0) is 23.6 Å². The van der Waals surface area contributed by atoms with Crippen LogP contribution in [0.25, 0.3) is 0 Å².